The maximum Gasteiger partial charge on any atom is 0.337 e. The predicted octanol–water partition coefficient (Wildman–Crippen LogP) is 1.17. The number of hydrogen-bond donors (Lipinski definition) is 0. The molecule has 0 unspecified atom stereocenters. The summed E-state index contributed by atoms with van der Waals surface area (Å²) in [6.45, 7) is 0. The van der Waals surface area contributed by atoms with Crippen molar-refractivity contribution in [3.05, 3.63) is 46.5 Å². The largest absolute Gasteiger partial charge is 0.469 e. The van der Waals surface area contributed by atoms with Gasteiger partial charge in [0.1, 0.15) is 11.7 Å². The van der Waals surface area contributed by atoms with E-state index >= 15 is 0 Å². The number of carbonyl (C=O) groups excluding carboxylic acids is 3. The highest BCUT2D eigenvalue weighted by Crippen LogP contribution is 2.59. The van der Waals surface area contributed by atoms with Crippen LogP contribution in [0.1, 0.15) is 23.7 Å². The minimum atomic E-state index is -1.41. The van der Waals surface area contributed by atoms with Crippen molar-refractivity contribution in [1.82, 2.24) is 0 Å². The third-order valence-corrected chi connectivity index (χ3v) is 4.35. The van der Waals surface area contributed by atoms with Gasteiger partial charge in [0.05, 0.1) is 38.9 Å². The molecule has 0 spiro atoms. The monoisotopic (exact) mass is 332 g/mol. The van der Waals surface area contributed by atoms with E-state index in [4.69, 9.17) is 18.9 Å². The first kappa shape index (κ1) is 16.2. The summed E-state index contributed by atoms with van der Waals surface area (Å²) < 4.78 is 20.4. The molecule has 126 valence electrons. The summed E-state index contributed by atoms with van der Waals surface area (Å²) in [5, 5.41) is 0. The molecule has 2 aliphatic heterocycles. The fourth-order valence-corrected chi connectivity index (χ4v) is 3.37. The second kappa shape index (κ2) is 5.76. The molecule has 2 aliphatic rings. The van der Waals surface area contributed by atoms with Gasteiger partial charge in [0, 0.05) is 0 Å². The second-order valence-electron chi connectivity index (χ2n) is 5.44. The molecule has 1 aromatic rings. The normalized spacial score (nSPS) is 23.7. The van der Waals surface area contributed by atoms with Crippen LogP contribution in [0, 0.1) is 0 Å². The lowest BCUT2D eigenvalue weighted by atomic mass is 9.75. The van der Waals surface area contributed by atoms with Crippen molar-refractivity contribution < 1.29 is 33.3 Å². The molecule has 0 amide bonds. The van der Waals surface area contributed by atoms with Crippen LogP contribution in [-0.2, 0) is 38.9 Å². The number of benzene rings is 1. The average Bonchev–Trinajstić information content (AvgIpc) is 3.11. The molecule has 0 saturated carbocycles. The fourth-order valence-electron chi connectivity index (χ4n) is 3.37. The van der Waals surface area contributed by atoms with Crippen molar-refractivity contribution >= 4 is 17.9 Å². The molecule has 0 aromatic heterocycles. The van der Waals surface area contributed by atoms with Crippen LogP contribution in [-0.4, -0.2) is 39.2 Å². The molecule has 24 heavy (non-hydrogen) atoms. The van der Waals surface area contributed by atoms with E-state index in [0.717, 1.165) is 5.56 Å². The van der Waals surface area contributed by atoms with Crippen molar-refractivity contribution in [2.45, 2.75) is 18.1 Å². The third kappa shape index (κ3) is 2.05. The number of rotatable bonds is 4. The number of methoxy groups -OCH3 is 3. The molecule has 1 aromatic carbocycles. The summed E-state index contributed by atoms with van der Waals surface area (Å²) in [6.07, 6.45) is -1.03. The lowest BCUT2D eigenvalue weighted by Crippen LogP contribution is -2.35. The maximum atomic E-state index is 12.4. The molecule has 0 radical (unpaired) electrons. The molecule has 2 heterocycles. The van der Waals surface area contributed by atoms with Gasteiger partial charge < -0.3 is 18.9 Å². The standard InChI is InChI=1S/C17H16O7/c1-21-11(18)8-17-10-7-5-4-6-9(10)14(24-17)12(15(19)22-2)13(17)16(20)23-3/h4-7,14H,8H2,1-3H3/t14-,17+/m0/s1. The molecule has 0 aliphatic carbocycles. The maximum absolute atomic E-state index is 12.4. The van der Waals surface area contributed by atoms with E-state index in [1.165, 1.54) is 21.3 Å². The zero-order valence-electron chi connectivity index (χ0n) is 13.5. The van der Waals surface area contributed by atoms with E-state index in [0.29, 0.717) is 5.56 Å². The Hall–Kier alpha value is -2.67. The van der Waals surface area contributed by atoms with E-state index in [2.05, 4.69) is 0 Å². The van der Waals surface area contributed by atoms with Crippen molar-refractivity contribution in [3.63, 3.8) is 0 Å². The molecule has 3 rings (SSSR count). The van der Waals surface area contributed by atoms with Crippen LogP contribution in [0.4, 0.5) is 0 Å². The predicted molar refractivity (Wildman–Crippen MR) is 79.6 cm³/mol. The van der Waals surface area contributed by atoms with Crippen LogP contribution in [0.15, 0.2) is 35.4 Å². The fraction of sp³-hybridized carbons (Fsp3) is 0.353. The minimum Gasteiger partial charge on any atom is -0.469 e. The highest BCUT2D eigenvalue weighted by Gasteiger charge is 2.61. The Morgan fingerprint density at radius 3 is 2.33 bits per heavy atom. The Labute approximate surface area is 138 Å². The van der Waals surface area contributed by atoms with E-state index < -0.39 is 29.6 Å². The third-order valence-electron chi connectivity index (χ3n) is 4.35. The van der Waals surface area contributed by atoms with E-state index in [-0.39, 0.29) is 17.6 Å². The van der Waals surface area contributed by atoms with Gasteiger partial charge in [-0.25, -0.2) is 9.59 Å². The quantitative estimate of drug-likeness (QED) is 0.604. The Balaban J connectivity index is 2.26. The van der Waals surface area contributed by atoms with Gasteiger partial charge in [0.2, 0.25) is 0 Å². The van der Waals surface area contributed by atoms with E-state index in [1.54, 1.807) is 24.3 Å². The van der Waals surface area contributed by atoms with E-state index in [9.17, 15) is 14.4 Å². The van der Waals surface area contributed by atoms with Gasteiger partial charge >= 0.3 is 17.9 Å². The summed E-state index contributed by atoms with van der Waals surface area (Å²) in [4.78, 5) is 36.6. The molecular weight excluding hydrogens is 316 g/mol. The Morgan fingerprint density at radius 2 is 1.71 bits per heavy atom. The van der Waals surface area contributed by atoms with Gasteiger partial charge in [-0.1, -0.05) is 24.3 Å². The first-order chi connectivity index (χ1) is 11.5. The molecule has 7 heteroatoms. The van der Waals surface area contributed by atoms with Crippen LogP contribution < -0.4 is 0 Å². The zero-order chi connectivity index (χ0) is 17.5. The van der Waals surface area contributed by atoms with Crippen molar-refractivity contribution in [2.75, 3.05) is 21.3 Å². The molecule has 0 saturated heterocycles. The molecule has 2 bridgehead atoms. The van der Waals surface area contributed by atoms with Crippen LogP contribution in [0.2, 0.25) is 0 Å². The topological polar surface area (TPSA) is 88.1 Å². The first-order valence-corrected chi connectivity index (χ1v) is 7.25. The van der Waals surface area contributed by atoms with Gasteiger partial charge in [0.15, 0.2) is 0 Å². The summed E-state index contributed by atoms with van der Waals surface area (Å²) in [5.41, 5.74) is 0.00568. The van der Waals surface area contributed by atoms with E-state index in [1.807, 2.05) is 0 Å². The molecule has 0 fully saturated rings. The zero-order valence-corrected chi connectivity index (χ0v) is 13.5. The summed E-state index contributed by atoms with van der Waals surface area (Å²) >= 11 is 0. The Morgan fingerprint density at radius 1 is 1.04 bits per heavy atom. The molecule has 2 atom stereocenters. The second-order valence-corrected chi connectivity index (χ2v) is 5.44. The lowest BCUT2D eigenvalue weighted by Gasteiger charge is -2.28. The van der Waals surface area contributed by atoms with Gasteiger partial charge in [-0.15, -0.1) is 0 Å². The van der Waals surface area contributed by atoms with Crippen LogP contribution >= 0.6 is 0 Å². The van der Waals surface area contributed by atoms with Crippen LogP contribution in [0.5, 0.6) is 0 Å². The van der Waals surface area contributed by atoms with Crippen molar-refractivity contribution in [1.29, 1.82) is 0 Å². The number of fused-ring (bicyclic) bond motifs is 5. The van der Waals surface area contributed by atoms with Gasteiger partial charge in [-0.05, 0) is 11.1 Å². The van der Waals surface area contributed by atoms with Gasteiger partial charge in [-0.3, -0.25) is 4.79 Å². The Kier molecular flexibility index (Phi) is 3.88. The number of ether oxygens (including phenoxy) is 4. The summed E-state index contributed by atoms with van der Waals surface area (Å²) in [6, 6.07) is 7.11. The van der Waals surface area contributed by atoms with Crippen molar-refractivity contribution in [2.24, 2.45) is 0 Å². The van der Waals surface area contributed by atoms with Crippen LogP contribution in [0.3, 0.4) is 0 Å². The average molecular weight is 332 g/mol. The van der Waals surface area contributed by atoms with Gasteiger partial charge in [0.25, 0.3) is 0 Å². The lowest BCUT2D eigenvalue weighted by molar-refractivity contribution is -0.148. The highest BCUT2D eigenvalue weighted by atomic mass is 16.6. The Bertz CT molecular complexity index is 764. The molecular formula is C17H16O7. The minimum absolute atomic E-state index is 0.00838. The SMILES string of the molecule is COC(=O)C[C@]12O[C@H](C(C(=O)OC)=C1C(=O)OC)c1ccccc12. The van der Waals surface area contributed by atoms with Gasteiger partial charge in [-0.2, -0.15) is 0 Å². The first-order valence-electron chi connectivity index (χ1n) is 7.25. The summed E-state index contributed by atoms with van der Waals surface area (Å²) in [7, 11) is 3.66. The summed E-state index contributed by atoms with van der Waals surface area (Å²) in [5.74, 6) is -2.00. The molecule has 0 N–H and O–H groups in total. The number of carbonyl (C=O) groups is 3. The molecule has 7 nitrogen and oxygen atoms in total. The number of hydrogen-bond acceptors (Lipinski definition) is 7. The number of esters is 3. The smallest absolute Gasteiger partial charge is 0.337 e. The van der Waals surface area contributed by atoms with Crippen LogP contribution in [0.25, 0.3) is 0 Å². The highest BCUT2D eigenvalue weighted by molar-refractivity contribution is 6.05. The van der Waals surface area contributed by atoms with Crippen molar-refractivity contribution in [3.8, 4) is 0 Å².